The molecule has 0 heterocycles. The lowest BCUT2D eigenvalue weighted by Gasteiger charge is -2.39. The molecule has 0 N–H and O–H groups in total. The van der Waals surface area contributed by atoms with Crippen molar-refractivity contribution in [2.24, 2.45) is 0 Å². The Balaban J connectivity index is 3.47. The van der Waals surface area contributed by atoms with E-state index in [0.29, 0.717) is 10.9 Å². The van der Waals surface area contributed by atoms with Crippen LogP contribution < -0.4 is 4.89 Å². The first-order valence-electron chi connectivity index (χ1n) is 13.9. The van der Waals surface area contributed by atoms with E-state index in [1.165, 1.54) is 109 Å². The van der Waals surface area contributed by atoms with Crippen molar-refractivity contribution in [3.63, 3.8) is 0 Å². The Morgan fingerprint density at radius 2 is 1.03 bits per heavy atom. The molecule has 0 radical (unpaired) electrons. The summed E-state index contributed by atoms with van der Waals surface area (Å²) in [6, 6.07) is 0. The monoisotopic (exact) mass is 470 g/mol. The van der Waals surface area contributed by atoms with Crippen LogP contribution in [0.1, 0.15) is 142 Å². The van der Waals surface area contributed by atoms with Crippen LogP contribution in [0.15, 0.2) is 12.2 Å². The molecule has 0 aromatic carbocycles. The minimum Gasteiger partial charge on any atom is -0.590 e. The Labute approximate surface area is 202 Å². The predicted octanol–water partition coefficient (Wildman–Crippen LogP) is 8.89. The number of nitrogens with zero attached hydrogens (tertiary/aromatic N) is 1. The summed E-state index contributed by atoms with van der Waals surface area (Å²) in [6.45, 7) is 4.25. The minimum absolute atomic E-state index is 0.513. The van der Waals surface area contributed by atoms with Crippen LogP contribution in [0.25, 0.3) is 0 Å². The fraction of sp³-hybridized carbons (Fsp3) is 0.929. The van der Waals surface area contributed by atoms with Gasteiger partial charge in [-0.15, -0.1) is 0 Å². The molecule has 0 aromatic rings. The molecule has 0 fully saturated rings. The molecule has 0 aromatic heterocycles. The van der Waals surface area contributed by atoms with Crippen LogP contribution in [0.4, 0.5) is 0 Å². The average Bonchev–Trinajstić information content (AvgIpc) is 2.74. The molecule has 2 unspecified atom stereocenters. The summed E-state index contributed by atoms with van der Waals surface area (Å²) in [7, 11) is 3.64. The van der Waals surface area contributed by atoms with Gasteiger partial charge in [0.15, 0.2) is 0 Å². The molecule has 0 aliphatic carbocycles. The van der Waals surface area contributed by atoms with Gasteiger partial charge in [-0.3, -0.25) is 4.48 Å². The van der Waals surface area contributed by atoms with Gasteiger partial charge in [-0.05, 0) is 25.7 Å². The van der Waals surface area contributed by atoms with E-state index in [-0.39, 0.29) is 0 Å². The Bertz CT molecular complexity index is 473. The summed E-state index contributed by atoms with van der Waals surface area (Å²) in [5.74, 6) is 0. The molecule has 0 aliphatic rings. The quantitative estimate of drug-likeness (QED) is 0.0647. The second-order valence-electron chi connectivity index (χ2n) is 10.7. The van der Waals surface area contributed by atoms with Gasteiger partial charge in [-0.25, -0.2) is 0 Å². The smallest absolute Gasteiger partial charge is 0.376 e. The normalized spacial score (nSPS) is 14.8. The van der Waals surface area contributed by atoms with Crippen LogP contribution in [0.5, 0.6) is 0 Å². The van der Waals surface area contributed by atoms with Crippen molar-refractivity contribution >= 4 is 8.03 Å². The number of hydrogen-bond donors (Lipinski definition) is 0. The molecule has 190 valence electrons. The van der Waals surface area contributed by atoms with Gasteiger partial charge < -0.3 is 4.89 Å². The second kappa shape index (κ2) is 20.2. The van der Waals surface area contributed by atoms with Gasteiger partial charge >= 0.3 is 8.03 Å². The molecule has 0 rings (SSSR count). The van der Waals surface area contributed by atoms with Gasteiger partial charge in [0, 0.05) is 12.8 Å². The Kier molecular flexibility index (Phi) is 20.0. The Morgan fingerprint density at radius 3 is 1.38 bits per heavy atom. The van der Waals surface area contributed by atoms with E-state index in [0.717, 1.165) is 12.8 Å². The van der Waals surface area contributed by atoms with E-state index in [1.807, 2.05) is 28.1 Å². The third-order valence-corrected chi connectivity index (χ3v) is 9.04. The summed E-state index contributed by atoms with van der Waals surface area (Å²) < 4.78 is 12.5. The highest BCUT2D eigenvalue weighted by Gasteiger charge is 2.52. The third-order valence-electron chi connectivity index (χ3n) is 7.22. The highest BCUT2D eigenvalue weighted by atomic mass is 31.1. The Hall–Kier alpha value is -0.240. The average molecular weight is 471 g/mol. The molecule has 0 aliphatic heterocycles. The first-order chi connectivity index (χ1) is 15.3. The van der Waals surface area contributed by atoms with Crippen molar-refractivity contribution in [2.75, 3.05) is 21.1 Å². The molecule has 0 saturated heterocycles. The van der Waals surface area contributed by atoms with Gasteiger partial charge in [-0.1, -0.05) is 120 Å². The van der Waals surface area contributed by atoms with Crippen molar-refractivity contribution in [2.45, 2.75) is 148 Å². The molecule has 0 spiro atoms. The van der Waals surface area contributed by atoms with E-state index in [1.54, 1.807) is 0 Å². The first-order valence-corrected chi connectivity index (χ1v) is 15.1. The molecule has 0 bridgehead atoms. The molecule has 4 heteroatoms. The Morgan fingerprint density at radius 1 is 0.656 bits per heavy atom. The standard InChI is InChI=1S/C28H57NO2P/c1-6-8-9-10-11-12-13-14-15-16-17-18-19-20-21-22-23-24-25-26-27-28(7-2,32(30)31)29(3,4)5/h9-10H,6-8,11-27H2,1-5H3/q+1/b10-9-. The minimum atomic E-state index is -2.41. The van der Waals surface area contributed by atoms with Crippen LogP contribution in [0.2, 0.25) is 0 Å². The maximum atomic E-state index is 12.0. The van der Waals surface area contributed by atoms with Gasteiger partial charge in [0.05, 0.1) is 21.1 Å². The molecule has 0 saturated carbocycles. The van der Waals surface area contributed by atoms with E-state index < -0.39 is 13.3 Å². The lowest BCUT2D eigenvalue weighted by Crippen LogP contribution is -2.55. The summed E-state index contributed by atoms with van der Waals surface area (Å²) in [4.78, 5) is 12.0. The van der Waals surface area contributed by atoms with Crippen molar-refractivity contribution in [3.05, 3.63) is 12.2 Å². The van der Waals surface area contributed by atoms with Crippen LogP contribution >= 0.6 is 8.03 Å². The number of hydrogen-bond acceptors (Lipinski definition) is 2. The predicted molar refractivity (Wildman–Crippen MR) is 141 cm³/mol. The lowest BCUT2D eigenvalue weighted by atomic mass is 10.0. The van der Waals surface area contributed by atoms with Crippen LogP contribution in [-0.4, -0.2) is 30.9 Å². The number of allylic oxidation sites excluding steroid dienone is 2. The zero-order chi connectivity index (χ0) is 24.1. The first kappa shape index (κ1) is 31.8. The lowest BCUT2D eigenvalue weighted by molar-refractivity contribution is -0.910. The SMILES string of the molecule is CCC/C=C\CCCCCCCCCCCCCCCCCC(CC)([P+](=O)[O-])[N+](C)(C)C. The highest BCUT2D eigenvalue weighted by molar-refractivity contribution is 7.38. The maximum Gasteiger partial charge on any atom is 0.376 e. The number of rotatable bonds is 23. The highest BCUT2D eigenvalue weighted by Crippen LogP contribution is 2.44. The van der Waals surface area contributed by atoms with Crippen molar-refractivity contribution in [1.29, 1.82) is 0 Å². The van der Waals surface area contributed by atoms with Gasteiger partial charge in [0.2, 0.25) is 0 Å². The van der Waals surface area contributed by atoms with Crippen molar-refractivity contribution in [1.82, 2.24) is 0 Å². The topological polar surface area (TPSA) is 40.1 Å². The molecule has 2 atom stereocenters. The third kappa shape index (κ3) is 14.8. The molecule has 0 amide bonds. The summed E-state index contributed by atoms with van der Waals surface area (Å²) in [5, 5.41) is -0.596. The van der Waals surface area contributed by atoms with Crippen molar-refractivity contribution in [3.8, 4) is 0 Å². The summed E-state index contributed by atoms with van der Waals surface area (Å²) in [6.07, 6.45) is 30.1. The maximum absolute atomic E-state index is 12.0. The molecular weight excluding hydrogens is 413 g/mol. The number of unbranched alkanes of at least 4 members (excludes halogenated alkanes) is 16. The molecular formula is C28H57NO2P+. The van der Waals surface area contributed by atoms with Gasteiger partial charge in [0.25, 0.3) is 5.28 Å². The second-order valence-corrected chi connectivity index (χ2v) is 12.1. The van der Waals surface area contributed by atoms with E-state index in [4.69, 9.17) is 0 Å². The number of quaternary nitrogens is 1. The van der Waals surface area contributed by atoms with E-state index in [2.05, 4.69) is 19.1 Å². The van der Waals surface area contributed by atoms with Gasteiger partial charge in [-0.2, -0.15) is 0 Å². The van der Waals surface area contributed by atoms with Gasteiger partial charge in [0.1, 0.15) is 0 Å². The van der Waals surface area contributed by atoms with Crippen LogP contribution in [0.3, 0.4) is 0 Å². The zero-order valence-corrected chi connectivity index (χ0v) is 23.4. The zero-order valence-electron chi connectivity index (χ0n) is 22.5. The fourth-order valence-corrected chi connectivity index (χ4v) is 5.91. The molecule has 32 heavy (non-hydrogen) atoms. The van der Waals surface area contributed by atoms with E-state index >= 15 is 0 Å². The van der Waals surface area contributed by atoms with Crippen molar-refractivity contribution < 1.29 is 13.9 Å². The van der Waals surface area contributed by atoms with Crippen LogP contribution in [-0.2, 0) is 4.57 Å². The van der Waals surface area contributed by atoms with E-state index in [9.17, 15) is 9.46 Å². The fourth-order valence-electron chi connectivity index (χ4n) is 4.82. The molecule has 3 nitrogen and oxygen atoms in total. The summed E-state index contributed by atoms with van der Waals surface area (Å²) in [5.41, 5.74) is 0. The summed E-state index contributed by atoms with van der Waals surface area (Å²) >= 11 is 0. The van der Waals surface area contributed by atoms with Crippen LogP contribution in [0, 0.1) is 0 Å². The largest absolute Gasteiger partial charge is 0.590 e.